The molecule has 5 nitrogen and oxygen atoms in total. The van der Waals surface area contributed by atoms with Crippen molar-refractivity contribution in [2.75, 3.05) is 6.61 Å². The van der Waals surface area contributed by atoms with Crippen LogP contribution in [0.1, 0.15) is 58.2 Å². The summed E-state index contributed by atoms with van der Waals surface area (Å²) in [5, 5.41) is 3.88. The number of nitrogens with zero attached hydrogens (tertiary/aromatic N) is 1. The number of halogens is 3. The molecule has 3 aromatic rings. The second-order valence-electron chi connectivity index (χ2n) is 11.9. The zero-order chi connectivity index (χ0) is 29.7. The molecule has 3 rings (SSSR count). The van der Waals surface area contributed by atoms with E-state index in [1.165, 1.54) is 4.90 Å². The maximum atomic E-state index is 13.9. The molecule has 0 spiro atoms. The van der Waals surface area contributed by atoms with Crippen molar-refractivity contribution in [3.63, 3.8) is 0 Å². The van der Waals surface area contributed by atoms with Gasteiger partial charge in [-0.05, 0) is 77.5 Å². The molecule has 0 saturated heterocycles. The van der Waals surface area contributed by atoms with E-state index in [0.29, 0.717) is 27.8 Å². The van der Waals surface area contributed by atoms with E-state index in [2.05, 4.69) is 42.0 Å². The van der Waals surface area contributed by atoms with Crippen molar-refractivity contribution in [2.24, 2.45) is 0 Å². The van der Waals surface area contributed by atoms with Crippen molar-refractivity contribution >= 4 is 50.9 Å². The van der Waals surface area contributed by atoms with Gasteiger partial charge in [0, 0.05) is 34.1 Å². The third-order valence-corrected chi connectivity index (χ3v) is 7.64. The van der Waals surface area contributed by atoms with E-state index in [-0.39, 0.29) is 30.4 Å². The van der Waals surface area contributed by atoms with Crippen molar-refractivity contribution in [2.45, 2.75) is 71.5 Å². The molecule has 0 saturated carbocycles. The quantitative estimate of drug-likeness (QED) is 0.256. The molecule has 0 bridgehead atoms. The molecule has 0 aromatic heterocycles. The highest BCUT2D eigenvalue weighted by atomic mass is 79.9. The Bertz CT molecular complexity index is 1310. The number of carbonyl (C=O) groups excluding carboxylic acids is 2. The number of ether oxygens (including phenoxy) is 1. The summed E-state index contributed by atoms with van der Waals surface area (Å²) in [5.41, 5.74) is 2.08. The molecule has 214 valence electrons. The molecule has 0 aliphatic rings. The number of carbonyl (C=O) groups is 2. The zero-order valence-corrected chi connectivity index (χ0v) is 27.0. The van der Waals surface area contributed by atoms with Gasteiger partial charge in [-0.15, -0.1) is 0 Å². The number of hydrogen-bond acceptors (Lipinski definition) is 3. The Labute approximate surface area is 256 Å². The summed E-state index contributed by atoms with van der Waals surface area (Å²) >= 11 is 16.6. The molecule has 3 aromatic carbocycles. The molecular weight excluding hydrogens is 611 g/mol. The van der Waals surface area contributed by atoms with Gasteiger partial charge in [0.2, 0.25) is 5.91 Å². The van der Waals surface area contributed by atoms with Crippen molar-refractivity contribution in [3.8, 4) is 5.75 Å². The van der Waals surface area contributed by atoms with Crippen LogP contribution >= 0.6 is 39.1 Å². The number of benzene rings is 3. The predicted molar refractivity (Wildman–Crippen MR) is 167 cm³/mol. The average Bonchev–Trinajstić information content (AvgIpc) is 2.85. The number of amides is 2. The monoisotopic (exact) mass is 646 g/mol. The molecule has 40 heavy (non-hydrogen) atoms. The molecule has 2 amide bonds. The lowest BCUT2D eigenvalue weighted by Gasteiger charge is -2.34. The fourth-order valence-corrected chi connectivity index (χ4v) is 5.18. The molecule has 0 radical (unpaired) electrons. The Morgan fingerprint density at radius 2 is 1.55 bits per heavy atom. The Hall–Kier alpha value is -2.54. The van der Waals surface area contributed by atoms with E-state index >= 15 is 0 Å². The van der Waals surface area contributed by atoms with Gasteiger partial charge in [0.25, 0.3) is 5.91 Å². The Morgan fingerprint density at radius 3 is 2.10 bits per heavy atom. The van der Waals surface area contributed by atoms with Crippen LogP contribution in [0.2, 0.25) is 10.0 Å². The van der Waals surface area contributed by atoms with E-state index < -0.39 is 11.6 Å². The average molecular weight is 648 g/mol. The van der Waals surface area contributed by atoms with Crippen molar-refractivity contribution < 1.29 is 14.3 Å². The largest absolute Gasteiger partial charge is 0.483 e. The van der Waals surface area contributed by atoms with Crippen LogP contribution in [0.3, 0.4) is 0 Å². The number of hydrogen-bond donors (Lipinski definition) is 1. The maximum Gasteiger partial charge on any atom is 0.261 e. The predicted octanol–water partition coefficient (Wildman–Crippen LogP) is 7.99. The smallest absolute Gasteiger partial charge is 0.261 e. The summed E-state index contributed by atoms with van der Waals surface area (Å²) in [4.78, 5) is 29.1. The highest BCUT2D eigenvalue weighted by Gasteiger charge is 2.33. The highest BCUT2D eigenvalue weighted by molar-refractivity contribution is 9.10. The van der Waals surface area contributed by atoms with E-state index in [1.54, 1.807) is 18.2 Å². The van der Waals surface area contributed by atoms with E-state index in [0.717, 1.165) is 15.6 Å². The summed E-state index contributed by atoms with van der Waals surface area (Å²) in [6.45, 7) is 11.9. The fraction of sp³-hybridized carbons (Fsp3) is 0.375. The molecule has 0 aliphatic carbocycles. The van der Waals surface area contributed by atoms with E-state index in [9.17, 15) is 9.59 Å². The minimum atomic E-state index is -0.836. The molecule has 0 unspecified atom stereocenters. The lowest BCUT2D eigenvalue weighted by Crippen LogP contribution is -2.55. The summed E-state index contributed by atoms with van der Waals surface area (Å²) < 4.78 is 6.74. The fourth-order valence-electron chi connectivity index (χ4n) is 4.17. The highest BCUT2D eigenvalue weighted by Crippen LogP contribution is 2.32. The van der Waals surface area contributed by atoms with Crippen molar-refractivity contribution in [1.29, 1.82) is 0 Å². The van der Waals surface area contributed by atoms with E-state index in [1.807, 2.05) is 69.3 Å². The van der Waals surface area contributed by atoms with Crippen LogP contribution in [0.25, 0.3) is 0 Å². The maximum absolute atomic E-state index is 13.9. The zero-order valence-electron chi connectivity index (χ0n) is 23.9. The van der Waals surface area contributed by atoms with Gasteiger partial charge in [-0.2, -0.15) is 0 Å². The lowest BCUT2D eigenvalue weighted by molar-refractivity contribution is -0.143. The van der Waals surface area contributed by atoms with Crippen molar-refractivity contribution in [3.05, 3.63) is 97.9 Å². The molecule has 1 atom stereocenters. The van der Waals surface area contributed by atoms with E-state index in [4.69, 9.17) is 27.9 Å². The van der Waals surface area contributed by atoms with Gasteiger partial charge in [0.1, 0.15) is 11.8 Å². The van der Waals surface area contributed by atoms with Crippen LogP contribution < -0.4 is 10.1 Å². The Balaban J connectivity index is 1.98. The SMILES string of the molecule is CC(C)(C)NC(=O)[C@@H](Cc1ccccc1)N(Cc1c(Cl)cccc1Cl)C(=O)COc1ccc(C(C)(C)C)cc1Br. The van der Waals surface area contributed by atoms with Crippen molar-refractivity contribution in [1.82, 2.24) is 10.2 Å². The van der Waals surface area contributed by atoms with Gasteiger partial charge in [-0.3, -0.25) is 9.59 Å². The third kappa shape index (κ3) is 8.98. The lowest BCUT2D eigenvalue weighted by atomic mass is 9.87. The van der Waals surface area contributed by atoms with Crippen LogP contribution in [0, 0.1) is 0 Å². The summed E-state index contributed by atoms with van der Waals surface area (Å²) in [6, 6.07) is 19.8. The molecular formula is C32H37BrCl2N2O3. The van der Waals surface area contributed by atoms with Crippen LogP contribution in [0.5, 0.6) is 5.75 Å². The van der Waals surface area contributed by atoms with Gasteiger partial charge in [-0.1, -0.05) is 86.4 Å². The third-order valence-electron chi connectivity index (χ3n) is 6.31. The summed E-state index contributed by atoms with van der Waals surface area (Å²) in [5.74, 6) is -0.104. The van der Waals surface area contributed by atoms with Gasteiger partial charge in [-0.25, -0.2) is 0 Å². The number of rotatable bonds is 9. The first-order valence-corrected chi connectivity index (χ1v) is 14.7. The minimum Gasteiger partial charge on any atom is -0.483 e. The van der Waals surface area contributed by atoms with Gasteiger partial charge >= 0.3 is 0 Å². The van der Waals surface area contributed by atoms with Crippen LogP contribution in [-0.2, 0) is 28.0 Å². The van der Waals surface area contributed by atoms with Crippen LogP contribution in [-0.4, -0.2) is 34.9 Å². The standard InChI is InChI=1S/C32H37BrCl2N2O3/c1-31(2,3)22-15-16-28(24(33)18-22)40-20-29(38)37(19-23-25(34)13-10-14-26(23)35)27(30(39)36-32(4,5)6)17-21-11-8-7-9-12-21/h7-16,18,27H,17,19-20H2,1-6H3,(H,36,39)/t27-/m1/s1. The molecule has 1 N–H and O–H groups in total. The normalized spacial score (nSPS) is 12.5. The minimum absolute atomic E-state index is 0.0348. The Kier molecular flexibility index (Phi) is 10.7. The summed E-state index contributed by atoms with van der Waals surface area (Å²) in [6.07, 6.45) is 0.306. The first kappa shape index (κ1) is 32.0. The first-order chi connectivity index (χ1) is 18.7. The molecule has 0 aliphatic heterocycles. The first-order valence-electron chi connectivity index (χ1n) is 13.2. The topological polar surface area (TPSA) is 58.6 Å². The van der Waals surface area contributed by atoms with Gasteiger partial charge in [0.05, 0.1) is 4.47 Å². The van der Waals surface area contributed by atoms with Gasteiger partial charge < -0.3 is 15.0 Å². The Morgan fingerprint density at radius 1 is 0.925 bits per heavy atom. The molecule has 0 fully saturated rings. The second-order valence-corrected chi connectivity index (χ2v) is 13.5. The molecule has 0 heterocycles. The van der Waals surface area contributed by atoms with Crippen LogP contribution in [0.15, 0.2) is 71.2 Å². The van der Waals surface area contributed by atoms with Gasteiger partial charge in [0.15, 0.2) is 6.61 Å². The van der Waals surface area contributed by atoms with Crippen LogP contribution in [0.4, 0.5) is 0 Å². The summed E-state index contributed by atoms with van der Waals surface area (Å²) in [7, 11) is 0. The number of nitrogens with one attached hydrogen (secondary N) is 1. The second kappa shape index (κ2) is 13.4. The molecule has 8 heteroatoms.